The molecule has 0 spiro atoms. The van der Waals surface area contributed by atoms with Crippen LogP contribution in [-0.2, 0) is 56.8 Å². The summed E-state index contributed by atoms with van der Waals surface area (Å²) in [5, 5.41) is 0. The number of rotatable bonds is 32. The van der Waals surface area contributed by atoms with Crippen LogP contribution < -0.4 is 9.42 Å². The summed E-state index contributed by atoms with van der Waals surface area (Å²) in [5.41, 5.74) is 2.49. The maximum absolute atomic E-state index is 12.0. The Balaban J connectivity index is 0.0000185. The zero-order valence-electron chi connectivity index (χ0n) is 29.2. The number of hydrogen-bond acceptors (Lipinski definition) is 4. The molecule has 0 aliphatic carbocycles. The second-order valence-corrected chi connectivity index (χ2v) is 17.8. The normalized spacial score (nSPS) is 11.6. The van der Waals surface area contributed by atoms with Gasteiger partial charge < -0.3 is 33.9 Å². The molecule has 0 N–H and O–H groups in total. The molecule has 0 heterocycles. The summed E-state index contributed by atoms with van der Waals surface area (Å²) in [6, 6.07) is 6.34. The van der Waals surface area contributed by atoms with E-state index < -0.39 is 6.12 Å². The Morgan fingerprint density at radius 1 is 0.500 bits per heavy atom. The first kappa shape index (κ1) is 44.7. The van der Waals surface area contributed by atoms with Gasteiger partial charge in [0.1, 0.15) is 0 Å². The minimum Gasteiger partial charge on any atom is -0.682 e. The van der Waals surface area contributed by atoms with Crippen LogP contribution in [0.15, 0.2) is 18.2 Å². The molecule has 0 radical (unpaired) electrons. The van der Waals surface area contributed by atoms with Gasteiger partial charge in [0, 0.05) is 0 Å². The van der Waals surface area contributed by atoms with Crippen LogP contribution in [0.2, 0.25) is 0 Å². The van der Waals surface area contributed by atoms with Crippen molar-refractivity contribution in [1.82, 2.24) is 0 Å². The van der Waals surface area contributed by atoms with E-state index in [1.54, 1.807) is 0 Å². The smallest absolute Gasteiger partial charge is 0.682 e. The first-order chi connectivity index (χ1) is 21.0. The molecule has 0 aliphatic heterocycles. The second kappa shape index (κ2) is 32.3. The quantitative estimate of drug-likeness (QED) is 0.0321. The second-order valence-electron chi connectivity index (χ2n) is 13.2. The molecule has 1 aromatic rings. The molecular formula is C38H69O2PS2Zn. The summed E-state index contributed by atoms with van der Waals surface area (Å²) in [5.74, 6) is 0.646. The van der Waals surface area contributed by atoms with Crippen molar-refractivity contribution in [1.29, 1.82) is 0 Å². The van der Waals surface area contributed by atoms with Crippen molar-refractivity contribution in [3.63, 3.8) is 0 Å². The molecule has 0 fully saturated rings. The molecule has 252 valence electrons. The molecule has 0 saturated carbocycles. The number of unbranched alkanes of at least 4 members (excludes halogenated alkanes) is 26. The Hall–Kier alpha value is 0.733. The van der Waals surface area contributed by atoms with Crippen LogP contribution in [0.3, 0.4) is 0 Å². The molecular weight excluding hydrogens is 649 g/mol. The first-order valence-electron chi connectivity index (χ1n) is 18.8. The third-order valence-electron chi connectivity index (χ3n) is 8.95. The Bertz CT molecular complexity index is 744. The fraction of sp³-hybridized carbons (Fsp3) is 0.842. The zero-order valence-corrected chi connectivity index (χ0v) is 34.7. The van der Waals surface area contributed by atoms with E-state index in [4.69, 9.17) is 29.0 Å². The summed E-state index contributed by atoms with van der Waals surface area (Å²) < 4.78 is 5.57. The first-order valence-corrected chi connectivity index (χ1v) is 22.4. The molecule has 0 atom stereocenters. The van der Waals surface area contributed by atoms with Gasteiger partial charge in [0.2, 0.25) is 0 Å². The van der Waals surface area contributed by atoms with Crippen LogP contribution in [0.1, 0.15) is 205 Å². The minimum absolute atomic E-state index is 0. The van der Waals surface area contributed by atoms with E-state index in [-0.39, 0.29) is 19.5 Å². The SMILES string of the molecule is CCCCCCCCCCCCCCCCc1ccc(O[P+]([O-])([S-])[S-])c(CCCCCCCCCCCCCCCC)c1.[Zn+2]. The molecule has 0 bridgehead atoms. The van der Waals surface area contributed by atoms with Crippen molar-refractivity contribution in [2.75, 3.05) is 0 Å². The topological polar surface area (TPSA) is 32.3 Å². The molecule has 1 aromatic carbocycles. The predicted octanol–water partition coefficient (Wildman–Crippen LogP) is 13.2. The molecule has 1 rings (SSSR count). The van der Waals surface area contributed by atoms with Gasteiger partial charge in [-0.2, -0.15) is 0 Å². The van der Waals surface area contributed by atoms with Gasteiger partial charge in [-0.3, -0.25) is 0 Å². The average Bonchev–Trinajstić information content (AvgIpc) is 2.98. The van der Waals surface area contributed by atoms with Crippen LogP contribution in [-0.4, -0.2) is 0 Å². The fourth-order valence-electron chi connectivity index (χ4n) is 6.23. The van der Waals surface area contributed by atoms with E-state index in [1.165, 1.54) is 179 Å². The van der Waals surface area contributed by atoms with Crippen LogP contribution in [0.25, 0.3) is 0 Å². The zero-order chi connectivity index (χ0) is 31.3. The predicted molar refractivity (Wildman–Crippen MR) is 197 cm³/mol. The van der Waals surface area contributed by atoms with Crippen molar-refractivity contribution < 1.29 is 28.9 Å². The Morgan fingerprint density at radius 2 is 0.818 bits per heavy atom. The van der Waals surface area contributed by atoms with Crippen molar-refractivity contribution in [3.8, 4) is 5.75 Å². The largest absolute Gasteiger partial charge is 2.00 e. The van der Waals surface area contributed by atoms with Crippen molar-refractivity contribution >= 4 is 30.6 Å². The summed E-state index contributed by atoms with van der Waals surface area (Å²) in [6.07, 6.45) is 37.1. The van der Waals surface area contributed by atoms with Gasteiger partial charge in [0.05, 0.1) is 0 Å². The number of benzene rings is 1. The van der Waals surface area contributed by atoms with Crippen molar-refractivity contribution in [2.45, 2.75) is 206 Å². The standard InChI is InChI=1S/C38H71O2PS2.Zn/c1-3-5-7-9-11-13-15-17-19-21-23-25-27-29-31-36-33-34-38(40-41(39,42)43)37(35-36)32-30-28-26-24-22-20-18-16-14-12-10-8-6-4-2;/h33-35H,3-32H2,1-2H3,(H2,39,42,43);/q;+2/p-2. The molecule has 6 heteroatoms. The third-order valence-corrected chi connectivity index (χ3v) is 9.82. The number of hydrogen-bond donors (Lipinski definition) is 0. The van der Waals surface area contributed by atoms with Crippen LogP contribution in [0.5, 0.6) is 5.75 Å². The molecule has 0 saturated heterocycles. The van der Waals surface area contributed by atoms with Crippen molar-refractivity contribution in [2.24, 2.45) is 0 Å². The number of aryl methyl sites for hydroxylation is 2. The van der Waals surface area contributed by atoms with Crippen molar-refractivity contribution in [3.05, 3.63) is 29.3 Å². The molecule has 0 unspecified atom stereocenters. The summed E-state index contributed by atoms with van der Waals surface area (Å²) in [4.78, 5) is 12.0. The monoisotopic (exact) mass is 716 g/mol. The van der Waals surface area contributed by atoms with Crippen LogP contribution in [0.4, 0.5) is 0 Å². The van der Waals surface area contributed by atoms with Gasteiger partial charge in [-0.05, 0) is 42.9 Å². The molecule has 2 nitrogen and oxygen atoms in total. The molecule has 0 aromatic heterocycles. The van der Waals surface area contributed by atoms with Crippen LogP contribution in [0, 0.1) is 0 Å². The van der Waals surface area contributed by atoms with Gasteiger partial charge in [0.25, 0.3) is 0 Å². The minimum atomic E-state index is -3.39. The fourth-order valence-corrected chi connectivity index (χ4v) is 7.13. The molecule has 0 amide bonds. The van der Waals surface area contributed by atoms with Gasteiger partial charge in [0.15, 0.2) is 5.75 Å². The van der Waals surface area contributed by atoms with Gasteiger partial charge in [-0.25, -0.2) is 0 Å². The summed E-state index contributed by atoms with van der Waals surface area (Å²) >= 11 is 9.84. The van der Waals surface area contributed by atoms with Gasteiger partial charge in [-0.1, -0.05) is 193 Å². The third kappa shape index (κ3) is 28.9. The average molecular weight is 718 g/mol. The Morgan fingerprint density at radius 3 is 1.16 bits per heavy atom. The maximum Gasteiger partial charge on any atom is 2.00 e. The van der Waals surface area contributed by atoms with Crippen LogP contribution >= 0.6 is 6.12 Å². The van der Waals surface area contributed by atoms with Gasteiger partial charge in [-0.15, -0.1) is 6.12 Å². The van der Waals surface area contributed by atoms with E-state index in [0.717, 1.165) is 24.8 Å². The Labute approximate surface area is 299 Å². The molecule has 44 heavy (non-hydrogen) atoms. The van der Waals surface area contributed by atoms with Gasteiger partial charge >= 0.3 is 19.5 Å². The molecule has 0 aliphatic rings. The Kier molecular flexibility index (Phi) is 32.8. The maximum atomic E-state index is 12.0. The van der Waals surface area contributed by atoms with E-state index in [9.17, 15) is 4.89 Å². The van der Waals surface area contributed by atoms with E-state index in [2.05, 4.69) is 26.0 Å². The van der Waals surface area contributed by atoms with E-state index in [1.807, 2.05) is 6.07 Å². The van der Waals surface area contributed by atoms with E-state index in [0.29, 0.717) is 5.75 Å². The summed E-state index contributed by atoms with van der Waals surface area (Å²) in [7, 11) is 0. The van der Waals surface area contributed by atoms with E-state index >= 15 is 0 Å². The summed E-state index contributed by atoms with van der Waals surface area (Å²) in [6.45, 7) is 4.58.